The molecule has 0 aromatic heterocycles. The van der Waals surface area contributed by atoms with Gasteiger partial charge in [-0.25, -0.2) is 4.39 Å². The molecule has 0 aliphatic rings. The number of halogens is 3. The minimum absolute atomic E-state index is 0.0697. The van der Waals surface area contributed by atoms with Crippen molar-refractivity contribution >= 4 is 35.0 Å². The van der Waals surface area contributed by atoms with Crippen LogP contribution in [0.5, 0.6) is 0 Å². The highest BCUT2D eigenvalue weighted by molar-refractivity contribution is 6.35. The van der Waals surface area contributed by atoms with E-state index in [9.17, 15) is 14.0 Å². The van der Waals surface area contributed by atoms with Crippen LogP contribution in [0, 0.1) is 5.82 Å². The van der Waals surface area contributed by atoms with Crippen LogP contribution >= 0.6 is 23.2 Å². The SMILES string of the molecule is CC(=O)N(CCc1ccc(Cl)cc1Cl)CC(=O)NCc1ccccc1F. The summed E-state index contributed by atoms with van der Waals surface area (Å²) < 4.78 is 13.6. The normalized spacial score (nSPS) is 10.5. The van der Waals surface area contributed by atoms with Crippen molar-refractivity contribution in [2.75, 3.05) is 13.1 Å². The predicted molar refractivity (Wildman–Crippen MR) is 101 cm³/mol. The van der Waals surface area contributed by atoms with Crippen molar-refractivity contribution in [2.24, 2.45) is 0 Å². The first-order valence-electron chi connectivity index (χ1n) is 8.06. The third-order valence-electron chi connectivity index (χ3n) is 3.88. The summed E-state index contributed by atoms with van der Waals surface area (Å²) in [7, 11) is 0. The fourth-order valence-electron chi connectivity index (χ4n) is 2.39. The van der Waals surface area contributed by atoms with Crippen molar-refractivity contribution in [1.29, 1.82) is 0 Å². The van der Waals surface area contributed by atoms with Gasteiger partial charge in [0.05, 0.1) is 6.54 Å². The molecule has 0 saturated carbocycles. The summed E-state index contributed by atoms with van der Waals surface area (Å²) in [5.74, 6) is -0.963. The second-order valence-electron chi connectivity index (χ2n) is 5.79. The first-order chi connectivity index (χ1) is 12.4. The topological polar surface area (TPSA) is 49.4 Å². The first-order valence-corrected chi connectivity index (χ1v) is 8.82. The van der Waals surface area contributed by atoms with Crippen LogP contribution in [0.3, 0.4) is 0 Å². The third-order valence-corrected chi connectivity index (χ3v) is 4.47. The van der Waals surface area contributed by atoms with E-state index in [2.05, 4.69) is 5.32 Å². The van der Waals surface area contributed by atoms with Crippen molar-refractivity contribution in [2.45, 2.75) is 19.9 Å². The molecular weight excluding hydrogens is 378 g/mol. The molecule has 7 heteroatoms. The van der Waals surface area contributed by atoms with Crippen LogP contribution in [0.4, 0.5) is 4.39 Å². The number of hydrogen-bond acceptors (Lipinski definition) is 2. The van der Waals surface area contributed by atoms with Crippen molar-refractivity contribution in [3.63, 3.8) is 0 Å². The molecule has 138 valence electrons. The van der Waals surface area contributed by atoms with Gasteiger partial charge in [0.25, 0.3) is 0 Å². The molecule has 0 aliphatic carbocycles. The van der Waals surface area contributed by atoms with E-state index in [0.29, 0.717) is 28.6 Å². The Morgan fingerprint density at radius 1 is 1.12 bits per heavy atom. The van der Waals surface area contributed by atoms with Gasteiger partial charge >= 0.3 is 0 Å². The summed E-state index contributed by atoms with van der Waals surface area (Å²) in [5.41, 5.74) is 1.23. The van der Waals surface area contributed by atoms with Crippen LogP contribution in [-0.4, -0.2) is 29.8 Å². The van der Waals surface area contributed by atoms with E-state index in [1.807, 2.05) is 0 Å². The highest BCUT2D eigenvalue weighted by Gasteiger charge is 2.14. The monoisotopic (exact) mass is 396 g/mol. The Morgan fingerprint density at radius 2 is 1.85 bits per heavy atom. The Kier molecular flexibility index (Phi) is 7.42. The molecule has 1 N–H and O–H groups in total. The Balaban J connectivity index is 1.89. The van der Waals surface area contributed by atoms with Crippen LogP contribution < -0.4 is 5.32 Å². The molecule has 2 amide bonds. The highest BCUT2D eigenvalue weighted by atomic mass is 35.5. The van der Waals surface area contributed by atoms with E-state index in [4.69, 9.17) is 23.2 Å². The van der Waals surface area contributed by atoms with E-state index in [-0.39, 0.29) is 30.7 Å². The maximum atomic E-state index is 13.6. The Morgan fingerprint density at radius 3 is 2.50 bits per heavy atom. The summed E-state index contributed by atoms with van der Waals surface area (Å²) in [6.45, 7) is 1.70. The molecular formula is C19H19Cl2FN2O2. The second-order valence-corrected chi connectivity index (χ2v) is 6.64. The van der Waals surface area contributed by atoms with Crippen molar-refractivity contribution < 1.29 is 14.0 Å². The number of nitrogens with zero attached hydrogens (tertiary/aromatic N) is 1. The maximum Gasteiger partial charge on any atom is 0.239 e. The van der Waals surface area contributed by atoms with Crippen LogP contribution in [0.15, 0.2) is 42.5 Å². The first kappa shape index (κ1) is 20.2. The van der Waals surface area contributed by atoms with Gasteiger partial charge < -0.3 is 10.2 Å². The highest BCUT2D eigenvalue weighted by Crippen LogP contribution is 2.21. The average molecular weight is 397 g/mol. The lowest BCUT2D eigenvalue weighted by atomic mass is 10.1. The lowest BCUT2D eigenvalue weighted by molar-refractivity contribution is -0.134. The molecule has 4 nitrogen and oxygen atoms in total. The zero-order valence-electron chi connectivity index (χ0n) is 14.3. The predicted octanol–water partition coefficient (Wildman–Crippen LogP) is 3.84. The maximum absolute atomic E-state index is 13.6. The van der Waals surface area contributed by atoms with Gasteiger partial charge in [0.15, 0.2) is 0 Å². The Hall–Kier alpha value is -2.11. The molecule has 0 aliphatic heterocycles. The van der Waals surface area contributed by atoms with Crippen LogP contribution in [0.1, 0.15) is 18.1 Å². The fraction of sp³-hybridized carbons (Fsp3) is 0.263. The summed E-state index contributed by atoms with van der Waals surface area (Å²) >= 11 is 12.0. The standard InChI is InChI=1S/C19H19Cl2FN2O2/c1-13(25)24(9-8-14-6-7-16(20)10-17(14)21)12-19(26)23-11-15-4-2-3-5-18(15)22/h2-7,10H,8-9,11-12H2,1H3,(H,23,26). The summed E-state index contributed by atoms with van der Waals surface area (Å²) in [5, 5.41) is 3.68. The summed E-state index contributed by atoms with van der Waals surface area (Å²) in [6, 6.07) is 11.4. The molecule has 2 aromatic rings. The smallest absolute Gasteiger partial charge is 0.239 e. The van der Waals surface area contributed by atoms with Gasteiger partial charge in [-0.3, -0.25) is 9.59 Å². The van der Waals surface area contributed by atoms with Crippen LogP contribution in [0.25, 0.3) is 0 Å². The third kappa shape index (κ3) is 6.00. The fourth-order valence-corrected chi connectivity index (χ4v) is 2.90. The minimum Gasteiger partial charge on any atom is -0.350 e. The number of nitrogens with one attached hydrogen (secondary N) is 1. The average Bonchev–Trinajstić information content (AvgIpc) is 2.59. The molecule has 0 spiro atoms. The zero-order chi connectivity index (χ0) is 19.1. The number of benzene rings is 2. The molecule has 2 rings (SSSR count). The van der Waals surface area contributed by atoms with Gasteiger partial charge in [-0.05, 0) is 30.2 Å². The van der Waals surface area contributed by atoms with Gasteiger partial charge in [-0.1, -0.05) is 47.5 Å². The molecule has 26 heavy (non-hydrogen) atoms. The quantitative estimate of drug-likeness (QED) is 0.772. The van der Waals surface area contributed by atoms with Crippen LogP contribution in [-0.2, 0) is 22.6 Å². The molecule has 0 fully saturated rings. The van der Waals surface area contributed by atoms with Gasteiger partial charge in [0, 0.05) is 35.6 Å². The second kappa shape index (κ2) is 9.55. The molecule has 0 heterocycles. The van der Waals surface area contributed by atoms with E-state index in [0.717, 1.165) is 5.56 Å². The van der Waals surface area contributed by atoms with Gasteiger partial charge in [-0.15, -0.1) is 0 Å². The summed E-state index contributed by atoms with van der Waals surface area (Å²) in [4.78, 5) is 25.3. The molecule has 0 saturated heterocycles. The molecule has 2 aromatic carbocycles. The minimum atomic E-state index is -0.381. The molecule has 0 unspecified atom stereocenters. The van der Waals surface area contributed by atoms with Gasteiger partial charge in [0.2, 0.25) is 11.8 Å². The van der Waals surface area contributed by atoms with E-state index in [1.165, 1.54) is 17.9 Å². The number of carbonyl (C=O) groups excluding carboxylic acids is 2. The largest absolute Gasteiger partial charge is 0.350 e. The van der Waals surface area contributed by atoms with Crippen molar-refractivity contribution in [3.8, 4) is 0 Å². The van der Waals surface area contributed by atoms with Crippen molar-refractivity contribution in [1.82, 2.24) is 10.2 Å². The molecule has 0 bridgehead atoms. The summed E-state index contributed by atoms with van der Waals surface area (Å²) in [6.07, 6.45) is 0.496. The Bertz CT molecular complexity index is 799. The Labute approximate surface area is 161 Å². The van der Waals surface area contributed by atoms with E-state index in [1.54, 1.807) is 36.4 Å². The number of hydrogen-bond donors (Lipinski definition) is 1. The number of rotatable bonds is 7. The zero-order valence-corrected chi connectivity index (χ0v) is 15.8. The molecule has 0 radical (unpaired) electrons. The van der Waals surface area contributed by atoms with E-state index < -0.39 is 0 Å². The van der Waals surface area contributed by atoms with Gasteiger partial charge in [-0.2, -0.15) is 0 Å². The van der Waals surface area contributed by atoms with Crippen molar-refractivity contribution in [3.05, 3.63) is 69.5 Å². The number of amides is 2. The van der Waals surface area contributed by atoms with Crippen LogP contribution in [0.2, 0.25) is 10.0 Å². The lowest BCUT2D eigenvalue weighted by Crippen LogP contribution is -2.40. The van der Waals surface area contributed by atoms with Gasteiger partial charge in [0.1, 0.15) is 5.82 Å². The number of carbonyl (C=O) groups is 2. The lowest BCUT2D eigenvalue weighted by Gasteiger charge is -2.21. The van der Waals surface area contributed by atoms with E-state index >= 15 is 0 Å². The molecule has 0 atom stereocenters.